The van der Waals surface area contributed by atoms with E-state index in [0.29, 0.717) is 12.6 Å². The summed E-state index contributed by atoms with van der Waals surface area (Å²) in [6, 6.07) is 2.63. The van der Waals surface area contributed by atoms with Crippen LogP contribution in [-0.4, -0.2) is 42.5 Å². The van der Waals surface area contributed by atoms with E-state index in [1.807, 2.05) is 6.07 Å². The quantitative estimate of drug-likeness (QED) is 0.860. The molecule has 1 atom stereocenters. The fourth-order valence-corrected chi connectivity index (χ4v) is 2.56. The van der Waals surface area contributed by atoms with Crippen LogP contribution in [0.3, 0.4) is 0 Å². The molecule has 0 bridgehead atoms. The lowest BCUT2D eigenvalue weighted by atomic mass is 10.2. The molecule has 2 rings (SSSR count). The van der Waals surface area contributed by atoms with Gasteiger partial charge in [-0.3, -0.25) is 4.90 Å². The summed E-state index contributed by atoms with van der Waals surface area (Å²) in [5.74, 6) is 0.926. The Morgan fingerprint density at radius 2 is 2.29 bits per heavy atom. The average molecular weight is 237 g/mol. The van der Waals surface area contributed by atoms with Crippen molar-refractivity contribution in [1.82, 2.24) is 9.80 Å². The molecule has 4 heteroatoms. The standard InChI is InChI=1S/C13H23N3O/c1-11-9-15(2)5-3-6-16(11)10-12-4-7-17-13(12)8-14/h4,7,11H,3,5-6,8-10,14H2,1-2H3. The SMILES string of the molecule is CC1CN(C)CCCN1Cc1ccoc1CN. The van der Waals surface area contributed by atoms with Crippen LogP contribution in [0.25, 0.3) is 0 Å². The van der Waals surface area contributed by atoms with Crippen LogP contribution in [0.2, 0.25) is 0 Å². The number of hydrogen-bond acceptors (Lipinski definition) is 4. The third kappa shape index (κ3) is 3.09. The molecule has 0 saturated carbocycles. The van der Waals surface area contributed by atoms with Crippen molar-refractivity contribution in [1.29, 1.82) is 0 Å². The Kier molecular flexibility index (Phi) is 4.20. The molecular formula is C13H23N3O. The molecule has 0 spiro atoms. The van der Waals surface area contributed by atoms with Crippen molar-refractivity contribution < 1.29 is 4.42 Å². The Balaban J connectivity index is 2.02. The largest absolute Gasteiger partial charge is 0.468 e. The zero-order chi connectivity index (χ0) is 12.3. The summed E-state index contributed by atoms with van der Waals surface area (Å²) in [7, 11) is 2.20. The van der Waals surface area contributed by atoms with Gasteiger partial charge in [-0.1, -0.05) is 0 Å². The minimum atomic E-state index is 0.491. The molecule has 96 valence electrons. The maximum Gasteiger partial charge on any atom is 0.121 e. The van der Waals surface area contributed by atoms with E-state index in [0.717, 1.165) is 25.4 Å². The Hall–Kier alpha value is -0.840. The molecule has 1 aromatic rings. The van der Waals surface area contributed by atoms with Crippen LogP contribution < -0.4 is 5.73 Å². The topological polar surface area (TPSA) is 45.6 Å². The minimum Gasteiger partial charge on any atom is -0.468 e. The van der Waals surface area contributed by atoms with Gasteiger partial charge < -0.3 is 15.1 Å². The molecule has 0 aliphatic carbocycles. The van der Waals surface area contributed by atoms with Crippen molar-refractivity contribution >= 4 is 0 Å². The lowest BCUT2D eigenvalue weighted by Gasteiger charge is -2.27. The fourth-order valence-electron chi connectivity index (χ4n) is 2.56. The summed E-state index contributed by atoms with van der Waals surface area (Å²) in [6.07, 6.45) is 2.97. The van der Waals surface area contributed by atoms with Crippen LogP contribution in [0.15, 0.2) is 16.7 Å². The summed E-state index contributed by atoms with van der Waals surface area (Å²) < 4.78 is 5.38. The summed E-state index contributed by atoms with van der Waals surface area (Å²) in [5, 5.41) is 0. The highest BCUT2D eigenvalue weighted by molar-refractivity contribution is 5.16. The fraction of sp³-hybridized carbons (Fsp3) is 0.692. The molecule has 1 aliphatic rings. The first-order chi connectivity index (χ1) is 8.20. The Bertz CT molecular complexity index is 350. The first-order valence-corrected chi connectivity index (χ1v) is 6.38. The molecule has 1 aliphatic heterocycles. The summed E-state index contributed by atoms with van der Waals surface area (Å²) in [4.78, 5) is 4.93. The summed E-state index contributed by atoms with van der Waals surface area (Å²) >= 11 is 0. The van der Waals surface area contributed by atoms with E-state index in [1.54, 1.807) is 6.26 Å². The average Bonchev–Trinajstić information content (AvgIpc) is 2.68. The molecule has 4 nitrogen and oxygen atoms in total. The highest BCUT2D eigenvalue weighted by Gasteiger charge is 2.20. The molecule has 2 N–H and O–H groups in total. The third-order valence-corrected chi connectivity index (χ3v) is 3.58. The van der Waals surface area contributed by atoms with Gasteiger partial charge in [-0.25, -0.2) is 0 Å². The van der Waals surface area contributed by atoms with Gasteiger partial charge in [-0.15, -0.1) is 0 Å². The highest BCUT2D eigenvalue weighted by atomic mass is 16.3. The number of nitrogens with two attached hydrogens (primary N) is 1. The van der Waals surface area contributed by atoms with E-state index in [4.69, 9.17) is 10.2 Å². The monoisotopic (exact) mass is 237 g/mol. The van der Waals surface area contributed by atoms with Crippen molar-refractivity contribution in [2.75, 3.05) is 26.7 Å². The number of rotatable bonds is 3. The van der Waals surface area contributed by atoms with Crippen LogP contribution in [0.5, 0.6) is 0 Å². The van der Waals surface area contributed by atoms with E-state index in [-0.39, 0.29) is 0 Å². The molecule has 1 unspecified atom stereocenters. The van der Waals surface area contributed by atoms with Crippen molar-refractivity contribution in [3.05, 3.63) is 23.7 Å². The zero-order valence-corrected chi connectivity index (χ0v) is 10.9. The number of likely N-dealkylation sites (N-methyl/N-ethyl adjacent to an activating group) is 1. The molecule has 0 radical (unpaired) electrons. The zero-order valence-electron chi connectivity index (χ0n) is 10.9. The smallest absolute Gasteiger partial charge is 0.121 e. The van der Waals surface area contributed by atoms with Crippen LogP contribution in [-0.2, 0) is 13.1 Å². The van der Waals surface area contributed by atoms with Crippen molar-refractivity contribution in [3.8, 4) is 0 Å². The molecule has 17 heavy (non-hydrogen) atoms. The summed E-state index contributed by atoms with van der Waals surface area (Å²) in [6.45, 7) is 7.22. The van der Waals surface area contributed by atoms with Gasteiger partial charge in [0.05, 0.1) is 12.8 Å². The van der Waals surface area contributed by atoms with Gasteiger partial charge in [-0.2, -0.15) is 0 Å². The minimum absolute atomic E-state index is 0.491. The van der Waals surface area contributed by atoms with Gasteiger partial charge in [-0.05, 0) is 33.0 Å². The maximum absolute atomic E-state index is 5.67. The molecule has 0 amide bonds. The van der Waals surface area contributed by atoms with Gasteiger partial charge >= 0.3 is 0 Å². The normalized spacial score (nSPS) is 23.8. The van der Waals surface area contributed by atoms with Crippen molar-refractivity contribution in [3.63, 3.8) is 0 Å². The number of hydrogen-bond donors (Lipinski definition) is 1. The summed E-state index contributed by atoms with van der Waals surface area (Å²) in [5.41, 5.74) is 6.91. The second kappa shape index (κ2) is 5.67. The second-order valence-electron chi connectivity index (χ2n) is 5.01. The Morgan fingerprint density at radius 3 is 3.06 bits per heavy atom. The molecule has 2 heterocycles. The second-order valence-corrected chi connectivity index (χ2v) is 5.01. The predicted octanol–water partition coefficient (Wildman–Crippen LogP) is 1.26. The number of furan rings is 1. The van der Waals surface area contributed by atoms with Gasteiger partial charge in [0.2, 0.25) is 0 Å². The van der Waals surface area contributed by atoms with E-state index < -0.39 is 0 Å². The van der Waals surface area contributed by atoms with Gasteiger partial charge in [0.15, 0.2) is 0 Å². The lowest BCUT2D eigenvalue weighted by molar-refractivity contribution is 0.193. The molecule has 1 saturated heterocycles. The lowest BCUT2D eigenvalue weighted by Crippen LogP contribution is -2.37. The van der Waals surface area contributed by atoms with E-state index >= 15 is 0 Å². The number of nitrogens with zero attached hydrogens (tertiary/aromatic N) is 2. The van der Waals surface area contributed by atoms with Crippen molar-refractivity contribution in [2.45, 2.75) is 32.5 Å². The molecule has 1 fully saturated rings. The third-order valence-electron chi connectivity index (χ3n) is 3.58. The molecular weight excluding hydrogens is 214 g/mol. The maximum atomic E-state index is 5.67. The molecule has 1 aromatic heterocycles. The van der Waals surface area contributed by atoms with Gasteiger partial charge in [0.25, 0.3) is 0 Å². The first-order valence-electron chi connectivity index (χ1n) is 6.38. The van der Waals surface area contributed by atoms with Crippen LogP contribution in [0.4, 0.5) is 0 Å². The van der Waals surface area contributed by atoms with E-state index in [1.165, 1.54) is 18.5 Å². The predicted molar refractivity (Wildman–Crippen MR) is 68.6 cm³/mol. The van der Waals surface area contributed by atoms with Crippen molar-refractivity contribution in [2.24, 2.45) is 5.73 Å². The van der Waals surface area contributed by atoms with E-state index in [2.05, 4.69) is 23.8 Å². The Labute approximate surface area is 103 Å². The highest BCUT2D eigenvalue weighted by Crippen LogP contribution is 2.17. The Morgan fingerprint density at radius 1 is 1.47 bits per heavy atom. The van der Waals surface area contributed by atoms with Gasteiger partial charge in [0.1, 0.15) is 5.76 Å². The van der Waals surface area contributed by atoms with Crippen LogP contribution in [0, 0.1) is 0 Å². The first kappa shape index (κ1) is 12.6. The van der Waals surface area contributed by atoms with Crippen LogP contribution >= 0.6 is 0 Å². The van der Waals surface area contributed by atoms with E-state index in [9.17, 15) is 0 Å². The molecule has 0 aromatic carbocycles. The van der Waals surface area contributed by atoms with Gasteiger partial charge in [0, 0.05) is 31.2 Å². The van der Waals surface area contributed by atoms with Crippen LogP contribution in [0.1, 0.15) is 24.7 Å².